The number of hydrogen-bond donors (Lipinski definition) is 1. The molecule has 8 nitrogen and oxygen atoms in total. The van der Waals surface area contributed by atoms with Gasteiger partial charge in [0.25, 0.3) is 0 Å². The van der Waals surface area contributed by atoms with Crippen molar-refractivity contribution >= 4 is 31.9 Å². The van der Waals surface area contributed by atoms with Crippen LogP contribution in [0.3, 0.4) is 0 Å². The van der Waals surface area contributed by atoms with Crippen molar-refractivity contribution in [3.8, 4) is 17.1 Å². The number of rotatable bonds is 5. The maximum Gasteiger partial charge on any atom is 0.224 e. The fraction of sp³-hybridized carbons (Fsp3) is 0.208. The lowest BCUT2D eigenvalue weighted by Crippen LogP contribution is -2.37. The zero-order valence-electron chi connectivity index (χ0n) is 18.0. The molecule has 0 atom stereocenters. The van der Waals surface area contributed by atoms with Crippen molar-refractivity contribution in [1.82, 2.24) is 15.0 Å². The van der Waals surface area contributed by atoms with Crippen LogP contribution in [0.25, 0.3) is 22.3 Å². The molecule has 0 spiro atoms. The quantitative estimate of drug-likeness (QED) is 0.360. The van der Waals surface area contributed by atoms with Crippen molar-refractivity contribution in [2.45, 2.75) is 0 Å². The van der Waals surface area contributed by atoms with E-state index >= 15 is 0 Å². The summed E-state index contributed by atoms with van der Waals surface area (Å²) in [6.45, 7) is 2.52. The van der Waals surface area contributed by atoms with E-state index in [4.69, 9.17) is 14.5 Å². The molecule has 0 radical (unpaired) electrons. The number of hydrogen-bond acceptors (Lipinski definition) is 7. The monoisotopic (exact) mass is 462 g/mol. The number of aromatic nitrogens is 3. The zero-order chi connectivity index (χ0) is 22.8. The van der Waals surface area contributed by atoms with Gasteiger partial charge in [-0.05, 0) is 54.1 Å². The SMILES string of the molecule is COc1ccc(C(c2cc(N3CCOCC3)nc(-c3ccc4[nH]ccc4c3)n2)=S(=O)=O)cc1. The van der Waals surface area contributed by atoms with E-state index in [-0.39, 0.29) is 4.86 Å². The number of aromatic amines is 1. The van der Waals surface area contributed by atoms with E-state index in [1.165, 1.54) is 0 Å². The van der Waals surface area contributed by atoms with Crippen LogP contribution in [0.5, 0.6) is 5.75 Å². The van der Waals surface area contributed by atoms with Crippen molar-refractivity contribution in [3.63, 3.8) is 0 Å². The van der Waals surface area contributed by atoms with Gasteiger partial charge in [0.1, 0.15) is 16.4 Å². The normalized spacial score (nSPS) is 13.8. The van der Waals surface area contributed by atoms with Crippen LogP contribution in [0.15, 0.2) is 60.8 Å². The number of nitrogens with zero attached hydrogens (tertiary/aromatic N) is 3. The third kappa shape index (κ3) is 4.33. The molecule has 4 aromatic rings. The number of nitrogens with one attached hydrogen (secondary N) is 1. The molecule has 1 saturated heterocycles. The Kier molecular flexibility index (Phi) is 5.80. The van der Waals surface area contributed by atoms with Crippen molar-refractivity contribution in [1.29, 1.82) is 0 Å². The van der Waals surface area contributed by atoms with E-state index in [2.05, 4.69) is 14.9 Å². The minimum atomic E-state index is -2.52. The van der Waals surface area contributed by atoms with Gasteiger partial charge in [-0.25, -0.2) is 9.97 Å². The molecule has 1 aliphatic rings. The molecule has 168 valence electrons. The van der Waals surface area contributed by atoms with E-state index in [1.807, 2.05) is 30.5 Å². The summed E-state index contributed by atoms with van der Waals surface area (Å²) in [6.07, 6.45) is 1.88. The Balaban J connectivity index is 1.67. The Hall–Kier alpha value is -3.69. The molecule has 1 N–H and O–H groups in total. The van der Waals surface area contributed by atoms with Crippen molar-refractivity contribution in [2.24, 2.45) is 0 Å². The van der Waals surface area contributed by atoms with Crippen LogP contribution in [0.4, 0.5) is 5.82 Å². The van der Waals surface area contributed by atoms with E-state index in [0.29, 0.717) is 55.0 Å². The van der Waals surface area contributed by atoms with Gasteiger partial charge in [0.15, 0.2) is 5.82 Å². The number of anilines is 1. The second-order valence-electron chi connectivity index (χ2n) is 7.61. The molecule has 33 heavy (non-hydrogen) atoms. The Labute approximate surface area is 192 Å². The summed E-state index contributed by atoms with van der Waals surface area (Å²) in [5, 5.41) is 1.03. The maximum atomic E-state index is 12.4. The highest BCUT2D eigenvalue weighted by Crippen LogP contribution is 2.26. The minimum absolute atomic E-state index is 0.110. The summed E-state index contributed by atoms with van der Waals surface area (Å²) in [6, 6.07) is 16.5. The van der Waals surface area contributed by atoms with Crippen LogP contribution in [0.1, 0.15) is 11.3 Å². The average molecular weight is 463 g/mol. The van der Waals surface area contributed by atoms with Crippen LogP contribution >= 0.6 is 0 Å². The highest BCUT2D eigenvalue weighted by molar-refractivity contribution is 7.73. The number of ether oxygens (including phenoxy) is 2. The zero-order valence-corrected chi connectivity index (χ0v) is 18.8. The molecule has 0 bridgehead atoms. The molecule has 0 saturated carbocycles. The predicted molar refractivity (Wildman–Crippen MR) is 127 cm³/mol. The lowest BCUT2D eigenvalue weighted by Gasteiger charge is -2.28. The van der Waals surface area contributed by atoms with Gasteiger partial charge in [-0.1, -0.05) is 0 Å². The van der Waals surface area contributed by atoms with Crippen LogP contribution in [-0.4, -0.2) is 61.6 Å². The largest absolute Gasteiger partial charge is 0.497 e. The molecule has 2 aromatic heterocycles. The summed E-state index contributed by atoms with van der Waals surface area (Å²) in [5.41, 5.74) is 2.69. The molecular formula is C24H22N4O4S. The molecule has 3 heterocycles. The Bertz CT molecular complexity index is 1430. The molecule has 2 aromatic carbocycles. The Morgan fingerprint density at radius 1 is 1.03 bits per heavy atom. The minimum Gasteiger partial charge on any atom is -0.497 e. The van der Waals surface area contributed by atoms with Crippen molar-refractivity contribution in [3.05, 3.63) is 72.1 Å². The molecule has 5 rings (SSSR count). The molecular weight excluding hydrogens is 440 g/mol. The Morgan fingerprint density at radius 2 is 1.82 bits per heavy atom. The summed E-state index contributed by atoms with van der Waals surface area (Å²) in [7, 11) is -0.953. The lowest BCUT2D eigenvalue weighted by molar-refractivity contribution is 0.122. The smallest absolute Gasteiger partial charge is 0.224 e. The molecule has 0 aliphatic carbocycles. The highest BCUT2D eigenvalue weighted by atomic mass is 32.2. The number of benzene rings is 2. The molecule has 1 fully saturated rings. The Morgan fingerprint density at radius 3 is 2.55 bits per heavy atom. The summed E-state index contributed by atoms with van der Waals surface area (Å²) >= 11 is 0. The standard InChI is InChI=1S/C24H22N4O4S/c1-31-19-5-2-16(3-6-19)23(33(29)30)21-15-22(28-10-12-32-13-11-28)27-24(26-21)18-4-7-20-17(14-18)8-9-25-20/h2-9,14-15,25H,10-13H2,1H3. The second-order valence-corrected chi connectivity index (χ2v) is 8.48. The first kappa shape index (κ1) is 21.2. The molecule has 0 unspecified atom stereocenters. The number of H-pyrrole nitrogens is 1. The van der Waals surface area contributed by atoms with Gasteiger partial charge < -0.3 is 19.4 Å². The van der Waals surface area contributed by atoms with Gasteiger partial charge in [0.2, 0.25) is 10.3 Å². The predicted octanol–water partition coefficient (Wildman–Crippen LogP) is 2.92. The second kappa shape index (κ2) is 9.05. The van der Waals surface area contributed by atoms with Crippen LogP contribution in [-0.2, 0) is 15.0 Å². The van der Waals surface area contributed by atoms with E-state index in [9.17, 15) is 8.42 Å². The first-order valence-corrected chi connectivity index (χ1v) is 11.6. The number of morpholine rings is 1. The number of methoxy groups -OCH3 is 1. The fourth-order valence-electron chi connectivity index (χ4n) is 3.90. The summed E-state index contributed by atoms with van der Waals surface area (Å²) in [4.78, 5) is 14.9. The van der Waals surface area contributed by atoms with Gasteiger partial charge in [-0.2, -0.15) is 8.42 Å². The molecule has 9 heteroatoms. The highest BCUT2D eigenvalue weighted by Gasteiger charge is 2.20. The maximum absolute atomic E-state index is 12.4. The van der Waals surface area contributed by atoms with Gasteiger partial charge in [-0.3, -0.25) is 0 Å². The topological polar surface area (TPSA) is 97.4 Å². The number of fused-ring (bicyclic) bond motifs is 1. The van der Waals surface area contributed by atoms with Crippen LogP contribution < -0.4 is 9.64 Å². The van der Waals surface area contributed by atoms with Crippen molar-refractivity contribution in [2.75, 3.05) is 38.3 Å². The lowest BCUT2D eigenvalue weighted by atomic mass is 10.1. The van der Waals surface area contributed by atoms with E-state index in [0.717, 1.165) is 16.5 Å². The molecule has 1 aliphatic heterocycles. The first-order chi connectivity index (χ1) is 16.1. The van der Waals surface area contributed by atoms with Crippen LogP contribution in [0.2, 0.25) is 0 Å². The molecule has 0 amide bonds. The fourth-order valence-corrected chi connectivity index (χ4v) is 4.50. The summed E-state index contributed by atoms with van der Waals surface area (Å²) in [5.74, 6) is 1.78. The third-order valence-electron chi connectivity index (χ3n) is 5.61. The van der Waals surface area contributed by atoms with E-state index < -0.39 is 10.3 Å². The average Bonchev–Trinajstić information content (AvgIpc) is 3.33. The van der Waals surface area contributed by atoms with Gasteiger partial charge in [0.05, 0.1) is 26.0 Å². The first-order valence-electron chi connectivity index (χ1n) is 10.5. The third-order valence-corrected chi connectivity index (χ3v) is 6.39. The van der Waals surface area contributed by atoms with Gasteiger partial charge >= 0.3 is 0 Å². The van der Waals surface area contributed by atoms with Gasteiger partial charge in [-0.15, -0.1) is 0 Å². The summed E-state index contributed by atoms with van der Waals surface area (Å²) < 4.78 is 35.4. The van der Waals surface area contributed by atoms with Crippen molar-refractivity contribution < 1.29 is 17.9 Å². The van der Waals surface area contributed by atoms with Crippen LogP contribution in [0, 0.1) is 0 Å². The van der Waals surface area contributed by atoms with Gasteiger partial charge in [0, 0.05) is 41.8 Å². The van der Waals surface area contributed by atoms with E-state index in [1.54, 1.807) is 37.4 Å².